The van der Waals surface area contributed by atoms with Crippen molar-refractivity contribution in [1.82, 2.24) is 4.90 Å². The molecule has 0 aromatic heterocycles. The molecule has 13 heavy (non-hydrogen) atoms. The van der Waals surface area contributed by atoms with Gasteiger partial charge in [-0.1, -0.05) is 0 Å². The zero-order chi connectivity index (χ0) is 9.36. The fraction of sp³-hybridized carbons (Fsp3) is 0.875. The first kappa shape index (κ1) is 10.6. The van der Waals surface area contributed by atoms with Crippen LogP contribution >= 0.6 is 0 Å². The van der Waals surface area contributed by atoms with E-state index in [9.17, 15) is 4.79 Å². The van der Waals surface area contributed by atoms with E-state index in [2.05, 4.69) is 4.90 Å². The summed E-state index contributed by atoms with van der Waals surface area (Å²) < 4.78 is 15.2. The minimum atomic E-state index is 0.100. The summed E-state index contributed by atoms with van der Waals surface area (Å²) >= 11 is 0. The molecule has 1 aliphatic heterocycles. The Bertz CT molecular complexity index is 136. The van der Waals surface area contributed by atoms with Gasteiger partial charge in [-0.05, 0) is 0 Å². The minimum Gasteiger partial charge on any atom is -0.379 e. The lowest BCUT2D eigenvalue weighted by atomic mass is 10.5. The molecule has 0 atom stereocenters. The van der Waals surface area contributed by atoms with Crippen LogP contribution in [0.4, 0.5) is 0 Å². The minimum absolute atomic E-state index is 0.100. The van der Waals surface area contributed by atoms with Crippen molar-refractivity contribution in [3.05, 3.63) is 0 Å². The van der Waals surface area contributed by atoms with E-state index in [1.54, 1.807) is 0 Å². The maximum atomic E-state index is 9.86. The summed E-state index contributed by atoms with van der Waals surface area (Å²) in [4.78, 5) is 12.0. The van der Waals surface area contributed by atoms with Gasteiger partial charge in [-0.2, -0.15) is 0 Å². The van der Waals surface area contributed by atoms with E-state index >= 15 is 0 Å². The lowest BCUT2D eigenvalue weighted by Gasteiger charge is -2.25. The highest BCUT2D eigenvalue weighted by Crippen LogP contribution is 1.96. The molecular weight excluding hydrogens is 174 g/mol. The molecule has 1 saturated heterocycles. The van der Waals surface area contributed by atoms with Gasteiger partial charge in [0.15, 0.2) is 0 Å². The van der Waals surface area contributed by atoms with Crippen LogP contribution in [0.2, 0.25) is 0 Å². The summed E-state index contributed by atoms with van der Waals surface area (Å²) in [5.41, 5.74) is 0. The smallest absolute Gasteiger partial charge is 0.149 e. The summed E-state index contributed by atoms with van der Waals surface area (Å²) in [5, 5.41) is 0. The van der Waals surface area contributed by atoms with Crippen LogP contribution in [0.15, 0.2) is 0 Å². The molecular formula is C8H15NO4. The van der Waals surface area contributed by atoms with E-state index in [0.717, 1.165) is 26.3 Å². The average molecular weight is 189 g/mol. The lowest BCUT2D eigenvalue weighted by molar-refractivity contribution is -0.125. The Kier molecular flexibility index (Phi) is 5.67. The van der Waals surface area contributed by atoms with Crippen molar-refractivity contribution >= 4 is 6.29 Å². The molecule has 0 saturated carbocycles. The first-order chi connectivity index (χ1) is 6.43. The highest BCUT2D eigenvalue weighted by molar-refractivity contribution is 5.50. The van der Waals surface area contributed by atoms with Gasteiger partial charge in [0.25, 0.3) is 0 Å². The Balaban J connectivity index is 1.89. The zero-order valence-corrected chi connectivity index (χ0v) is 7.61. The Morgan fingerprint density at radius 1 is 1.31 bits per heavy atom. The highest BCUT2D eigenvalue weighted by Gasteiger charge is 2.09. The van der Waals surface area contributed by atoms with E-state index in [1.807, 2.05) is 0 Å². The third-order valence-corrected chi connectivity index (χ3v) is 1.73. The van der Waals surface area contributed by atoms with Crippen molar-refractivity contribution in [1.29, 1.82) is 0 Å². The molecule has 5 nitrogen and oxygen atoms in total. The SMILES string of the molecule is O=CCOCOCN1CCOCC1. The monoisotopic (exact) mass is 189 g/mol. The summed E-state index contributed by atoms with van der Waals surface area (Å²) in [7, 11) is 0. The zero-order valence-electron chi connectivity index (χ0n) is 7.61. The van der Waals surface area contributed by atoms with Crippen LogP contribution in [0.3, 0.4) is 0 Å². The molecule has 0 N–H and O–H groups in total. The van der Waals surface area contributed by atoms with Crippen molar-refractivity contribution in [2.75, 3.05) is 46.4 Å². The van der Waals surface area contributed by atoms with Gasteiger partial charge in [-0.25, -0.2) is 0 Å². The quantitative estimate of drug-likeness (QED) is 0.319. The summed E-state index contributed by atoms with van der Waals surface area (Å²) in [6.45, 7) is 4.14. The van der Waals surface area contributed by atoms with Gasteiger partial charge in [0.05, 0.1) is 13.2 Å². The predicted octanol–water partition coefficient (Wildman–Crippen LogP) is -0.534. The second kappa shape index (κ2) is 6.97. The Labute approximate surface area is 77.6 Å². The second-order valence-corrected chi connectivity index (χ2v) is 2.72. The molecule has 1 aliphatic rings. The van der Waals surface area contributed by atoms with Crippen LogP contribution < -0.4 is 0 Å². The number of carbonyl (C=O) groups is 1. The number of rotatable bonds is 6. The molecule has 0 amide bonds. The number of carbonyl (C=O) groups excluding carboxylic acids is 1. The van der Waals surface area contributed by atoms with Gasteiger partial charge in [0.1, 0.15) is 26.4 Å². The Morgan fingerprint density at radius 3 is 2.77 bits per heavy atom. The van der Waals surface area contributed by atoms with Gasteiger partial charge >= 0.3 is 0 Å². The molecule has 0 spiro atoms. The molecule has 0 radical (unpaired) electrons. The van der Waals surface area contributed by atoms with E-state index in [1.165, 1.54) is 0 Å². The van der Waals surface area contributed by atoms with Gasteiger partial charge in [-0.3, -0.25) is 4.90 Å². The molecule has 76 valence electrons. The number of hydrogen-bond donors (Lipinski definition) is 0. The predicted molar refractivity (Wildman–Crippen MR) is 45.2 cm³/mol. The number of morpholine rings is 1. The van der Waals surface area contributed by atoms with Crippen LogP contribution in [-0.2, 0) is 19.0 Å². The van der Waals surface area contributed by atoms with Crippen molar-refractivity contribution < 1.29 is 19.0 Å². The van der Waals surface area contributed by atoms with Crippen molar-refractivity contribution in [3.63, 3.8) is 0 Å². The van der Waals surface area contributed by atoms with E-state index in [4.69, 9.17) is 14.2 Å². The Morgan fingerprint density at radius 2 is 2.08 bits per heavy atom. The topological polar surface area (TPSA) is 48.0 Å². The van der Waals surface area contributed by atoms with Gasteiger partial charge in [0.2, 0.25) is 0 Å². The van der Waals surface area contributed by atoms with Gasteiger partial charge in [0, 0.05) is 13.1 Å². The maximum Gasteiger partial charge on any atom is 0.149 e. The maximum absolute atomic E-state index is 9.86. The summed E-state index contributed by atoms with van der Waals surface area (Å²) in [5.74, 6) is 0. The molecule has 0 aromatic rings. The van der Waals surface area contributed by atoms with Crippen LogP contribution in [0.1, 0.15) is 0 Å². The number of aldehydes is 1. The van der Waals surface area contributed by atoms with Crippen LogP contribution in [0, 0.1) is 0 Å². The summed E-state index contributed by atoms with van der Waals surface area (Å²) in [6, 6.07) is 0. The molecule has 0 aromatic carbocycles. The average Bonchev–Trinajstić information content (AvgIpc) is 2.19. The number of hydrogen-bond acceptors (Lipinski definition) is 5. The molecule has 1 fully saturated rings. The summed E-state index contributed by atoms with van der Waals surface area (Å²) in [6.07, 6.45) is 0.706. The van der Waals surface area contributed by atoms with Gasteiger partial charge in [-0.15, -0.1) is 0 Å². The second-order valence-electron chi connectivity index (χ2n) is 2.72. The van der Waals surface area contributed by atoms with E-state index < -0.39 is 0 Å². The van der Waals surface area contributed by atoms with Crippen LogP contribution in [-0.4, -0.2) is 57.6 Å². The third kappa shape index (κ3) is 4.94. The van der Waals surface area contributed by atoms with Gasteiger partial charge < -0.3 is 19.0 Å². The fourth-order valence-electron chi connectivity index (χ4n) is 1.05. The standard InChI is InChI=1S/C8H15NO4/c10-3-6-12-8-13-7-9-1-4-11-5-2-9/h3H,1-2,4-8H2. The molecule has 1 heterocycles. The van der Waals surface area contributed by atoms with Crippen molar-refractivity contribution in [3.8, 4) is 0 Å². The molecule has 0 aliphatic carbocycles. The van der Waals surface area contributed by atoms with Crippen LogP contribution in [0.5, 0.6) is 0 Å². The lowest BCUT2D eigenvalue weighted by Crippen LogP contribution is -2.37. The largest absolute Gasteiger partial charge is 0.379 e. The van der Waals surface area contributed by atoms with Crippen LogP contribution in [0.25, 0.3) is 0 Å². The van der Waals surface area contributed by atoms with E-state index in [0.29, 0.717) is 13.0 Å². The first-order valence-corrected chi connectivity index (χ1v) is 4.32. The third-order valence-electron chi connectivity index (χ3n) is 1.73. The fourth-order valence-corrected chi connectivity index (χ4v) is 1.05. The van der Waals surface area contributed by atoms with E-state index in [-0.39, 0.29) is 13.4 Å². The van der Waals surface area contributed by atoms with Crippen molar-refractivity contribution in [2.45, 2.75) is 0 Å². The molecule has 0 unspecified atom stereocenters. The molecule has 5 heteroatoms. The first-order valence-electron chi connectivity index (χ1n) is 4.32. The van der Waals surface area contributed by atoms with Crippen molar-refractivity contribution in [2.24, 2.45) is 0 Å². The number of nitrogens with zero attached hydrogens (tertiary/aromatic N) is 1. The normalized spacial score (nSPS) is 18.8. The molecule has 0 bridgehead atoms. The number of ether oxygens (including phenoxy) is 3. The Hall–Kier alpha value is -0.490. The molecule has 1 rings (SSSR count). The highest BCUT2D eigenvalue weighted by atomic mass is 16.7.